The molecule has 1 aliphatic heterocycles. The summed E-state index contributed by atoms with van der Waals surface area (Å²) >= 11 is 0. The normalized spacial score (nSPS) is 16.8. The summed E-state index contributed by atoms with van der Waals surface area (Å²) in [6.45, 7) is 8.09. The van der Waals surface area contributed by atoms with Gasteiger partial charge in [-0.15, -0.1) is 24.0 Å². The van der Waals surface area contributed by atoms with E-state index in [9.17, 15) is 4.39 Å². The third-order valence-electron chi connectivity index (χ3n) is 4.98. The Hall–Kier alpha value is -1.85. The molecule has 2 heterocycles. The van der Waals surface area contributed by atoms with Crippen molar-refractivity contribution in [2.24, 2.45) is 4.99 Å². The number of aryl methyl sites for hydroxylation is 1. The third kappa shape index (κ3) is 7.65. The number of rotatable bonds is 8. The first-order chi connectivity index (χ1) is 14.6. The number of hydrogen-bond donors (Lipinski definition) is 2. The molecule has 1 fully saturated rings. The van der Waals surface area contributed by atoms with Crippen molar-refractivity contribution < 1.29 is 18.3 Å². The van der Waals surface area contributed by atoms with Crippen LogP contribution < -0.4 is 15.4 Å². The molecule has 2 aromatic rings. The van der Waals surface area contributed by atoms with Crippen LogP contribution >= 0.6 is 24.0 Å². The maximum absolute atomic E-state index is 13.8. The van der Waals surface area contributed by atoms with E-state index in [-0.39, 0.29) is 47.7 Å². The Morgan fingerprint density at radius 1 is 1.16 bits per heavy atom. The quantitative estimate of drug-likeness (QED) is 0.301. The van der Waals surface area contributed by atoms with Crippen LogP contribution in [0.1, 0.15) is 24.5 Å². The molecule has 2 N–H and O–H groups in total. The van der Waals surface area contributed by atoms with Crippen molar-refractivity contribution in [1.82, 2.24) is 15.5 Å². The number of ether oxygens (including phenoxy) is 2. The zero-order valence-corrected chi connectivity index (χ0v) is 20.6. The van der Waals surface area contributed by atoms with Gasteiger partial charge in [0.2, 0.25) is 0 Å². The second-order valence-electron chi connectivity index (χ2n) is 7.31. The number of morpholine rings is 1. The molecule has 1 aliphatic rings. The third-order valence-corrected chi connectivity index (χ3v) is 4.98. The van der Waals surface area contributed by atoms with E-state index in [2.05, 4.69) is 20.5 Å². The fourth-order valence-electron chi connectivity index (χ4n) is 3.38. The summed E-state index contributed by atoms with van der Waals surface area (Å²) < 4.78 is 30.8. The smallest absolute Gasteiger partial charge is 0.191 e. The predicted octanol–water partition coefficient (Wildman–Crippen LogP) is 3.35. The molecule has 0 saturated carbocycles. The van der Waals surface area contributed by atoms with Crippen molar-refractivity contribution in [3.63, 3.8) is 0 Å². The van der Waals surface area contributed by atoms with E-state index >= 15 is 0 Å². The number of aliphatic imine (C=N–C) groups is 1. The van der Waals surface area contributed by atoms with Gasteiger partial charge in [-0.25, -0.2) is 4.39 Å². The molecule has 9 heteroatoms. The molecule has 1 saturated heterocycles. The summed E-state index contributed by atoms with van der Waals surface area (Å²) in [6.07, 6.45) is -0.233. The number of nitrogens with zero attached hydrogens (tertiary/aromatic N) is 2. The summed E-state index contributed by atoms with van der Waals surface area (Å²) in [4.78, 5) is 6.64. The number of guanidine groups is 1. The maximum atomic E-state index is 13.8. The first-order valence-corrected chi connectivity index (χ1v) is 10.3. The van der Waals surface area contributed by atoms with Gasteiger partial charge in [0, 0.05) is 26.7 Å². The highest BCUT2D eigenvalue weighted by Crippen LogP contribution is 2.23. The Labute approximate surface area is 200 Å². The molecule has 0 bridgehead atoms. The molecular formula is C22H32FIN4O3. The van der Waals surface area contributed by atoms with Crippen molar-refractivity contribution in [3.05, 3.63) is 53.7 Å². The summed E-state index contributed by atoms with van der Waals surface area (Å²) in [6, 6.07) is 10.5. The van der Waals surface area contributed by atoms with Crippen LogP contribution in [0.25, 0.3) is 0 Å². The predicted molar refractivity (Wildman–Crippen MR) is 130 cm³/mol. The minimum absolute atomic E-state index is 0. The van der Waals surface area contributed by atoms with E-state index in [1.54, 1.807) is 25.2 Å². The second kappa shape index (κ2) is 12.9. The first-order valence-electron chi connectivity index (χ1n) is 10.3. The number of benzene rings is 1. The minimum Gasteiger partial charge on any atom is -0.486 e. The van der Waals surface area contributed by atoms with Crippen molar-refractivity contribution in [3.8, 4) is 5.75 Å². The van der Waals surface area contributed by atoms with Crippen molar-refractivity contribution in [1.29, 1.82) is 0 Å². The Kier molecular flexibility index (Phi) is 10.6. The van der Waals surface area contributed by atoms with Gasteiger partial charge < -0.3 is 24.5 Å². The Bertz CT molecular complexity index is 827. The zero-order valence-electron chi connectivity index (χ0n) is 18.3. The van der Waals surface area contributed by atoms with Crippen LogP contribution in [-0.2, 0) is 4.74 Å². The van der Waals surface area contributed by atoms with Gasteiger partial charge in [0.05, 0.1) is 25.8 Å². The molecule has 0 amide bonds. The molecule has 0 radical (unpaired) electrons. The summed E-state index contributed by atoms with van der Waals surface area (Å²) in [5, 5.41) is 6.61. The van der Waals surface area contributed by atoms with E-state index in [1.165, 1.54) is 6.07 Å². The first kappa shape index (κ1) is 25.4. The van der Waals surface area contributed by atoms with Gasteiger partial charge in [0.1, 0.15) is 17.6 Å². The molecule has 7 nitrogen and oxygen atoms in total. The molecule has 172 valence electrons. The fraction of sp³-hybridized carbons (Fsp3) is 0.500. The van der Waals surface area contributed by atoms with E-state index < -0.39 is 0 Å². The zero-order chi connectivity index (χ0) is 21.3. The van der Waals surface area contributed by atoms with E-state index in [1.807, 2.05) is 26.0 Å². The summed E-state index contributed by atoms with van der Waals surface area (Å²) in [7, 11) is 1.72. The number of halogens is 2. The van der Waals surface area contributed by atoms with Crippen LogP contribution in [0.2, 0.25) is 0 Å². The van der Waals surface area contributed by atoms with Gasteiger partial charge in [-0.2, -0.15) is 0 Å². The van der Waals surface area contributed by atoms with Gasteiger partial charge in [0.15, 0.2) is 17.5 Å². The Morgan fingerprint density at radius 3 is 2.52 bits per heavy atom. The SMILES string of the molecule is CN=C(NCC(C)Oc1ccccc1F)NCC(c1ccc(C)o1)N1CCOCC1.I. The van der Waals surface area contributed by atoms with Crippen LogP contribution in [0.3, 0.4) is 0 Å². The lowest BCUT2D eigenvalue weighted by molar-refractivity contribution is 0.0124. The molecule has 1 aromatic heterocycles. The minimum atomic E-state index is -0.367. The lowest BCUT2D eigenvalue weighted by atomic mass is 10.1. The van der Waals surface area contributed by atoms with E-state index in [0.29, 0.717) is 32.3 Å². The van der Waals surface area contributed by atoms with Crippen LogP contribution in [0, 0.1) is 12.7 Å². The Balaban J connectivity index is 0.00000341. The maximum Gasteiger partial charge on any atom is 0.191 e. The molecule has 2 atom stereocenters. The van der Waals surface area contributed by atoms with Crippen LogP contribution in [-0.4, -0.2) is 63.4 Å². The molecule has 2 unspecified atom stereocenters. The van der Waals surface area contributed by atoms with Gasteiger partial charge >= 0.3 is 0 Å². The van der Waals surface area contributed by atoms with Crippen molar-refractivity contribution in [2.45, 2.75) is 26.0 Å². The molecular weight excluding hydrogens is 514 g/mol. The standard InChI is InChI=1S/C22H31FN4O3.HI/c1-16-8-9-21(29-16)19(27-10-12-28-13-11-27)15-26-22(24-3)25-14-17(2)30-20-7-5-4-6-18(20)23;/h4-9,17,19H,10-15H2,1-3H3,(H2,24,25,26);1H. The lowest BCUT2D eigenvalue weighted by Gasteiger charge is -2.33. The molecule has 31 heavy (non-hydrogen) atoms. The number of para-hydroxylation sites is 1. The molecule has 3 rings (SSSR count). The van der Waals surface area contributed by atoms with Crippen LogP contribution in [0.5, 0.6) is 5.75 Å². The second-order valence-corrected chi connectivity index (χ2v) is 7.31. The molecule has 1 aromatic carbocycles. The highest BCUT2D eigenvalue weighted by Gasteiger charge is 2.25. The topological polar surface area (TPSA) is 71.3 Å². The van der Waals surface area contributed by atoms with Gasteiger partial charge in [-0.3, -0.25) is 9.89 Å². The van der Waals surface area contributed by atoms with E-state index in [0.717, 1.165) is 24.6 Å². The van der Waals surface area contributed by atoms with Crippen LogP contribution in [0.15, 0.2) is 45.8 Å². The molecule has 0 aliphatic carbocycles. The number of nitrogens with one attached hydrogen (secondary N) is 2. The monoisotopic (exact) mass is 546 g/mol. The highest BCUT2D eigenvalue weighted by molar-refractivity contribution is 14.0. The summed E-state index contributed by atoms with van der Waals surface area (Å²) in [5.74, 6) is 2.35. The number of hydrogen-bond acceptors (Lipinski definition) is 5. The number of furan rings is 1. The fourth-order valence-corrected chi connectivity index (χ4v) is 3.38. The Morgan fingerprint density at radius 2 is 1.87 bits per heavy atom. The van der Waals surface area contributed by atoms with Crippen molar-refractivity contribution in [2.75, 3.05) is 46.4 Å². The average Bonchev–Trinajstić information content (AvgIpc) is 3.19. The van der Waals surface area contributed by atoms with Gasteiger partial charge in [-0.1, -0.05) is 12.1 Å². The van der Waals surface area contributed by atoms with Gasteiger partial charge in [0.25, 0.3) is 0 Å². The van der Waals surface area contributed by atoms with E-state index in [4.69, 9.17) is 13.9 Å². The highest BCUT2D eigenvalue weighted by atomic mass is 127. The van der Waals surface area contributed by atoms with Gasteiger partial charge in [-0.05, 0) is 38.1 Å². The lowest BCUT2D eigenvalue weighted by Crippen LogP contribution is -2.47. The average molecular weight is 546 g/mol. The largest absolute Gasteiger partial charge is 0.486 e. The molecule has 0 spiro atoms. The van der Waals surface area contributed by atoms with Crippen molar-refractivity contribution >= 4 is 29.9 Å². The summed E-state index contributed by atoms with van der Waals surface area (Å²) in [5.41, 5.74) is 0. The van der Waals surface area contributed by atoms with Crippen LogP contribution in [0.4, 0.5) is 4.39 Å².